The maximum atomic E-state index is 12.4. The van der Waals surface area contributed by atoms with Crippen molar-refractivity contribution in [3.63, 3.8) is 0 Å². The highest BCUT2D eigenvalue weighted by molar-refractivity contribution is 6.04. The number of esters is 1. The number of carbonyl (C=O) groups is 2. The summed E-state index contributed by atoms with van der Waals surface area (Å²) in [7, 11) is 0. The third-order valence-corrected chi connectivity index (χ3v) is 3.89. The number of nitrogens with one attached hydrogen (secondary N) is 1. The van der Waals surface area contributed by atoms with E-state index in [1.165, 1.54) is 4.90 Å². The van der Waals surface area contributed by atoms with Crippen LogP contribution in [0.5, 0.6) is 0 Å². The summed E-state index contributed by atoms with van der Waals surface area (Å²) in [4.78, 5) is 40.5. The molecule has 2 aromatic carbocycles. The van der Waals surface area contributed by atoms with Crippen LogP contribution in [0.2, 0.25) is 0 Å². The number of hydrogen-bond donors (Lipinski definition) is 1. The van der Waals surface area contributed by atoms with E-state index in [0.717, 1.165) is 6.07 Å². The van der Waals surface area contributed by atoms with Crippen molar-refractivity contribution in [1.29, 1.82) is 5.26 Å². The summed E-state index contributed by atoms with van der Waals surface area (Å²) in [6.07, 6.45) is 0. The predicted molar refractivity (Wildman–Crippen MR) is 99.3 cm³/mol. The molecule has 0 aliphatic heterocycles. The first-order valence-corrected chi connectivity index (χ1v) is 8.11. The molecule has 1 N–H and O–H groups in total. The average Bonchev–Trinajstić information content (AvgIpc) is 2.70. The third kappa shape index (κ3) is 4.02. The van der Waals surface area contributed by atoms with Crippen LogP contribution in [0, 0.1) is 11.3 Å². The highest BCUT2D eigenvalue weighted by Gasteiger charge is 2.19. The van der Waals surface area contributed by atoms with Crippen molar-refractivity contribution < 1.29 is 14.3 Å². The molecule has 1 aromatic heterocycles. The lowest BCUT2D eigenvalue weighted by Crippen LogP contribution is -2.35. The van der Waals surface area contributed by atoms with Crippen molar-refractivity contribution in [2.24, 2.45) is 0 Å². The molecule has 0 aliphatic rings. The van der Waals surface area contributed by atoms with Gasteiger partial charge in [-0.15, -0.1) is 0 Å². The number of fused-ring (bicyclic) bond motifs is 1. The standard InChI is InChI=1S/C20H15N3O4/c21-10-11-23(14-6-2-1-3-7-14)19(25)13-27-20(26)16-12-18(24)22-17-9-5-4-8-15(16)17/h1-9,12H,11,13H2,(H,22,24). The fourth-order valence-electron chi connectivity index (χ4n) is 2.66. The van der Waals surface area contributed by atoms with Crippen molar-refractivity contribution in [2.75, 3.05) is 18.1 Å². The van der Waals surface area contributed by atoms with E-state index in [2.05, 4.69) is 4.98 Å². The van der Waals surface area contributed by atoms with E-state index in [4.69, 9.17) is 10.00 Å². The van der Waals surface area contributed by atoms with Crippen LogP contribution < -0.4 is 10.5 Å². The second-order valence-corrected chi connectivity index (χ2v) is 5.64. The van der Waals surface area contributed by atoms with E-state index in [1.54, 1.807) is 54.6 Å². The Morgan fingerprint density at radius 2 is 1.78 bits per heavy atom. The molecule has 1 heterocycles. The van der Waals surface area contributed by atoms with Gasteiger partial charge in [0.2, 0.25) is 5.56 Å². The zero-order valence-corrected chi connectivity index (χ0v) is 14.2. The number of aromatic nitrogens is 1. The molecule has 0 unspecified atom stereocenters. The number of anilines is 1. The molecule has 134 valence electrons. The Labute approximate surface area is 154 Å². The van der Waals surface area contributed by atoms with Crippen molar-refractivity contribution in [3.05, 3.63) is 76.6 Å². The lowest BCUT2D eigenvalue weighted by molar-refractivity contribution is -0.121. The van der Waals surface area contributed by atoms with Crippen LogP contribution >= 0.6 is 0 Å². The van der Waals surface area contributed by atoms with Gasteiger partial charge in [-0.05, 0) is 18.2 Å². The van der Waals surface area contributed by atoms with Crippen LogP contribution in [-0.2, 0) is 9.53 Å². The van der Waals surface area contributed by atoms with Crippen LogP contribution in [0.15, 0.2) is 65.5 Å². The lowest BCUT2D eigenvalue weighted by Gasteiger charge is -2.19. The second-order valence-electron chi connectivity index (χ2n) is 5.64. The monoisotopic (exact) mass is 361 g/mol. The molecule has 3 aromatic rings. The van der Waals surface area contributed by atoms with Gasteiger partial charge in [0.15, 0.2) is 6.61 Å². The molecule has 0 aliphatic carbocycles. The van der Waals surface area contributed by atoms with E-state index in [-0.39, 0.29) is 12.1 Å². The van der Waals surface area contributed by atoms with Crippen molar-refractivity contribution >= 4 is 28.5 Å². The number of H-pyrrole nitrogens is 1. The molecule has 0 atom stereocenters. The fraction of sp³-hybridized carbons (Fsp3) is 0.100. The fourth-order valence-corrected chi connectivity index (χ4v) is 2.66. The van der Waals surface area contributed by atoms with Crippen LogP contribution in [0.25, 0.3) is 10.9 Å². The van der Waals surface area contributed by atoms with Gasteiger partial charge < -0.3 is 9.72 Å². The van der Waals surface area contributed by atoms with Gasteiger partial charge in [0, 0.05) is 22.7 Å². The van der Waals surface area contributed by atoms with Gasteiger partial charge in [-0.3, -0.25) is 14.5 Å². The van der Waals surface area contributed by atoms with Gasteiger partial charge in [-0.2, -0.15) is 5.26 Å². The summed E-state index contributed by atoms with van der Waals surface area (Å²) in [6, 6.07) is 18.5. The van der Waals surface area contributed by atoms with E-state index >= 15 is 0 Å². The average molecular weight is 361 g/mol. The Bertz CT molecular complexity index is 1080. The number of amides is 1. The topological polar surface area (TPSA) is 103 Å². The Morgan fingerprint density at radius 1 is 1.07 bits per heavy atom. The minimum absolute atomic E-state index is 0.0775. The van der Waals surface area contributed by atoms with Gasteiger partial charge >= 0.3 is 5.97 Å². The smallest absolute Gasteiger partial charge is 0.339 e. The Kier molecular flexibility index (Phi) is 5.28. The molecule has 0 saturated carbocycles. The molecule has 27 heavy (non-hydrogen) atoms. The van der Waals surface area contributed by atoms with E-state index in [9.17, 15) is 14.4 Å². The Balaban J connectivity index is 1.78. The van der Waals surface area contributed by atoms with Gasteiger partial charge in [-0.1, -0.05) is 36.4 Å². The van der Waals surface area contributed by atoms with Gasteiger partial charge in [-0.25, -0.2) is 4.79 Å². The van der Waals surface area contributed by atoms with E-state index < -0.39 is 24.0 Å². The number of aromatic amines is 1. The molecule has 0 spiro atoms. The van der Waals surface area contributed by atoms with Crippen molar-refractivity contribution in [2.45, 2.75) is 0 Å². The molecular weight excluding hydrogens is 346 g/mol. The van der Waals surface area contributed by atoms with Gasteiger partial charge in [0.1, 0.15) is 6.54 Å². The quantitative estimate of drug-likeness (QED) is 0.554. The zero-order valence-electron chi connectivity index (χ0n) is 14.2. The number of carbonyl (C=O) groups excluding carboxylic acids is 2. The molecule has 7 nitrogen and oxygen atoms in total. The summed E-state index contributed by atoms with van der Waals surface area (Å²) in [5, 5.41) is 9.48. The highest BCUT2D eigenvalue weighted by atomic mass is 16.5. The maximum Gasteiger partial charge on any atom is 0.339 e. The molecule has 0 bridgehead atoms. The first kappa shape index (κ1) is 17.9. The van der Waals surface area contributed by atoms with E-state index in [1.807, 2.05) is 6.07 Å². The largest absolute Gasteiger partial charge is 0.452 e. The number of nitriles is 1. The van der Waals surface area contributed by atoms with E-state index in [0.29, 0.717) is 16.6 Å². The van der Waals surface area contributed by atoms with Crippen molar-refractivity contribution in [3.8, 4) is 6.07 Å². The van der Waals surface area contributed by atoms with Crippen molar-refractivity contribution in [1.82, 2.24) is 4.98 Å². The van der Waals surface area contributed by atoms with Gasteiger partial charge in [0.05, 0.1) is 11.6 Å². The number of nitrogens with zero attached hydrogens (tertiary/aromatic N) is 2. The minimum Gasteiger partial charge on any atom is -0.452 e. The Hall–Kier alpha value is -3.92. The van der Waals surface area contributed by atoms with Gasteiger partial charge in [0.25, 0.3) is 5.91 Å². The number of pyridine rings is 1. The molecule has 0 fully saturated rings. The number of hydrogen-bond acceptors (Lipinski definition) is 5. The Morgan fingerprint density at radius 3 is 2.52 bits per heavy atom. The molecule has 1 amide bonds. The molecular formula is C20H15N3O4. The minimum atomic E-state index is -0.782. The summed E-state index contributed by atoms with van der Waals surface area (Å²) in [5.41, 5.74) is 0.663. The number of ether oxygens (including phenoxy) is 1. The summed E-state index contributed by atoms with van der Waals surface area (Å²) >= 11 is 0. The number of benzene rings is 2. The molecule has 3 rings (SSSR count). The summed E-state index contributed by atoms with van der Waals surface area (Å²) in [6.45, 7) is -0.717. The lowest BCUT2D eigenvalue weighted by atomic mass is 10.1. The number of para-hydroxylation sites is 2. The first-order valence-electron chi connectivity index (χ1n) is 8.11. The summed E-state index contributed by atoms with van der Waals surface area (Å²) < 4.78 is 5.11. The van der Waals surface area contributed by atoms with Crippen LogP contribution in [0.1, 0.15) is 10.4 Å². The molecule has 0 saturated heterocycles. The first-order chi connectivity index (χ1) is 13.1. The zero-order chi connectivity index (χ0) is 19.2. The third-order valence-electron chi connectivity index (χ3n) is 3.89. The second kappa shape index (κ2) is 7.97. The summed E-state index contributed by atoms with van der Waals surface area (Å²) in [5.74, 6) is -1.32. The normalized spacial score (nSPS) is 10.2. The molecule has 7 heteroatoms. The maximum absolute atomic E-state index is 12.4. The molecule has 0 radical (unpaired) electrons. The van der Waals surface area contributed by atoms with Crippen LogP contribution in [0.4, 0.5) is 5.69 Å². The number of rotatable bonds is 5. The highest BCUT2D eigenvalue weighted by Crippen LogP contribution is 2.16. The van der Waals surface area contributed by atoms with Crippen LogP contribution in [0.3, 0.4) is 0 Å². The van der Waals surface area contributed by atoms with Crippen LogP contribution in [-0.4, -0.2) is 30.0 Å². The SMILES string of the molecule is N#CCN(C(=O)COC(=O)c1cc(=O)[nH]c2ccccc12)c1ccccc1. The predicted octanol–water partition coefficient (Wildman–Crippen LogP) is 2.24.